The zero-order chi connectivity index (χ0) is 27.4. The maximum Gasteiger partial charge on any atom is 0.240 e. The van der Waals surface area contributed by atoms with E-state index in [1.54, 1.807) is 25.1 Å². The number of aromatic nitrogens is 7. The van der Waals surface area contributed by atoms with Crippen LogP contribution in [0.15, 0.2) is 49.1 Å². The van der Waals surface area contributed by atoms with Gasteiger partial charge in [-0.05, 0) is 31.5 Å². The Bertz CT molecular complexity index is 1520. The van der Waals surface area contributed by atoms with Crippen LogP contribution in [0.1, 0.15) is 37.4 Å². The summed E-state index contributed by atoms with van der Waals surface area (Å²) in [4.78, 5) is 16.5. The van der Waals surface area contributed by atoms with Gasteiger partial charge >= 0.3 is 0 Å². The Morgan fingerprint density at radius 2 is 1.82 bits per heavy atom. The van der Waals surface area contributed by atoms with Crippen LogP contribution in [0.2, 0.25) is 5.02 Å². The molecule has 0 fully saturated rings. The molecule has 0 radical (unpaired) electrons. The number of methoxy groups -OCH3 is 2. The van der Waals surface area contributed by atoms with Gasteiger partial charge in [-0.2, -0.15) is 0 Å². The van der Waals surface area contributed by atoms with Gasteiger partial charge in [0.25, 0.3) is 0 Å². The molecule has 0 aliphatic rings. The minimum Gasteiger partial charge on any atom is -0.481 e. The van der Waals surface area contributed by atoms with Crippen LogP contribution in [0.5, 0.6) is 5.88 Å². The van der Waals surface area contributed by atoms with Crippen molar-refractivity contribution < 1.29 is 22.3 Å². The van der Waals surface area contributed by atoms with Gasteiger partial charge in [-0.25, -0.2) is 27.8 Å². The standard InChI is InChI=1S/C23H24ClFN8O4S/c1-13(15-8-17(25)12-26-9-15)33-22(18-6-5-7-19(29-18)36-3)30-31-23(33)32-38(34,35)14(2)20(37-4)21-27-10-16(24)11-28-21/h5-14,20H,1-4H3,(H,31,32)/t13-,14-,20-/m0/s1. The summed E-state index contributed by atoms with van der Waals surface area (Å²) in [5.41, 5.74) is 0.808. The van der Waals surface area contributed by atoms with Gasteiger partial charge in [0.15, 0.2) is 11.6 Å². The number of ether oxygens (including phenoxy) is 2. The maximum atomic E-state index is 14.0. The molecule has 0 aromatic carbocycles. The Labute approximate surface area is 223 Å². The van der Waals surface area contributed by atoms with Gasteiger partial charge in [-0.15, -0.1) is 10.2 Å². The molecule has 200 valence electrons. The van der Waals surface area contributed by atoms with Crippen molar-refractivity contribution in [3.63, 3.8) is 0 Å². The van der Waals surface area contributed by atoms with Crippen LogP contribution in [0.25, 0.3) is 11.5 Å². The van der Waals surface area contributed by atoms with E-state index in [2.05, 4.69) is 34.9 Å². The zero-order valence-electron chi connectivity index (χ0n) is 20.8. The first kappa shape index (κ1) is 27.3. The van der Waals surface area contributed by atoms with Crippen LogP contribution in [0.3, 0.4) is 0 Å². The minimum absolute atomic E-state index is 0.125. The van der Waals surface area contributed by atoms with Crippen molar-refractivity contribution in [3.05, 3.63) is 71.3 Å². The highest BCUT2D eigenvalue weighted by Crippen LogP contribution is 2.31. The molecule has 1 N–H and O–H groups in total. The number of halogens is 2. The number of pyridine rings is 2. The lowest BCUT2D eigenvalue weighted by Crippen LogP contribution is -2.33. The monoisotopic (exact) mass is 562 g/mol. The predicted octanol–water partition coefficient (Wildman–Crippen LogP) is 3.45. The van der Waals surface area contributed by atoms with E-state index in [4.69, 9.17) is 21.1 Å². The first-order chi connectivity index (χ1) is 18.1. The molecular formula is C23H24ClFN8O4S. The number of nitrogens with one attached hydrogen (secondary N) is 1. The second-order valence-corrected chi connectivity index (χ2v) is 10.6. The topological polar surface area (TPSA) is 147 Å². The molecule has 0 unspecified atom stereocenters. The fourth-order valence-electron chi connectivity index (χ4n) is 3.72. The molecule has 4 aromatic heterocycles. The van der Waals surface area contributed by atoms with E-state index < -0.39 is 33.2 Å². The summed E-state index contributed by atoms with van der Waals surface area (Å²) >= 11 is 5.86. The van der Waals surface area contributed by atoms with Crippen molar-refractivity contribution in [1.29, 1.82) is 0 Å². The summed E-state index contributed by atoms with van der Waals surface area (Å²) in [5, 5.41) is 7.42. The van der Waals surface area contributed by atoms with Crippen LogP contribution in [-0.2, 0) is 14.8 Å². The van der Waals surface area contributed by atoms with Crippen LogP contribution in [-0.4, -0.2) is 62.6 Å². The molecule has 0 saturated carbocycles. The Morgan fingerprint density at radius 3 is 2.47 bits per heavy atom. The number of rotatable bonds is 10. The van der Waals surface area contributed by atoms with Crippen molar-refractivity contribution in [1.82, 2.24) is 34.7 Å². The van der Waals surface area contributed by atoms with Gasteiger partial charge in [0.2, 0.25) is 21.9 Å². The normalized spacial score (nSPS) is 14.1. The summed E-state index contributed by atoms with van der Waals surface area (Å²) in [6.07, 6.45) is 4.21. The molecule has 0 bridgehead atoms. The molecule has 3 atom stereocenters. The summed E-state index contributed by atoms with van der Waals surface area (Å²) in [6, 6.07) is 5.66. The molecule has 0 aliphatic heterocycles. The smallest absolute Gasteiger partial charge is 0.240 e. The lowest BCUT2D eigenvalue weighted by molar-refractivity contribution is 0.0950. The highest BCUT2D eigenvalue weighted by Gasteiger charge is 2.35. The number of hydrogen-bond donors (Lipinski definition) is 1. The van der Waals surface area contributed by atoms with Crippen LogP contribution in [0, 0.1) is 5.82 Å². The third-order valence-corrected chi connectivity index (χ3v) is 7.64. The fourth-order valence-corrected chi connectivity index (χ4v) is 4.96. The summed E-state index contributed by atoms with van der Waals surface area (Å²) in [7, 11) is -1.34. The number of sulfonamides is 1. The van der Waals surface area contributed by atoms with Crippen LogP contribution >= 0.6 is 11.6 Å². The molecule has 4 heterocycles. The van der Waals surface area contributed by atoms with Crippen LogP contribution < -0.4 is 9.46 Å². The largest absolute Gasteiger partial charge is 0.481 e. The van der Waals surface area contributed by atoms with E-state index in [0.29, 0.717) is 22.2 Å². The third kappa shape index (κ3) is 5.71. The quantitative estimate of drug-likeness (QED) is 0.305. The molecule has 12 nitrogen and oxygen atoms in total. The lowest BCUT2D eigenvalue weighted by Gasteiger charge is -2.23. The summed E-state index contributed by atoms with van der Waals surface area (Å²) in [5.74, 6) is -0.00363. The highest BCUT2D eigenvalue weighted by atomic mass is 35.5. The molecular weight excluding hydrogens is 539 g/mol. The minimum atomic E-state index is -4.16. The second kappa shape index (κ2) is 11.3. The van der Waals surface area contributed by atoms with E-state index >= 15 is 0 Å². The summed E-state index contributed by atoms with van der Waals surface area (Å²) in [6.45, 7) is 3.17. The molecule has 0 aliphatic carbocycles. The van der Waals surface area contributed by atoms with Gasteiger partial charge in [0.1, 0.15) is 22.9 Å². The van der Waals surface area contributed by atoms with E-state index in [-0.39, 0.29) is 17.6 Å². The van der Waals surface area contributed by atoms with Crippen molar-refractivity contribution in [2.75, 3.05) is 18.9 Å². The zero-order valence-corrected chi connectivity index (χ0v) is 22.4. The lowest BCUT2D eigenvalue weighted by atomic mass is 10.1. The number of hydrogen-bond acceptors (Lipinski definition) is 10. The molecule has 15 heteroatoms. The Hall–Kier alpha value is -3.75. The second-order valence-electron chi connectivity index (χ2n) is 8.16. The van der Waals surface area contributed by atoms with E-state index in [0.717, 1.165) is 6.20 Å². The molecule has 0 spiro atoms. The SMILES string of the molecule is COc1cccc(-c2nnc(NS(=O)(=O)[C@@H](C)[C@H](OC)c3ncc(Cl)cn3)n2[C@@H](C)c2cncc(F)c2)n1. The van der Waals surface area contributed by atoms with Crippen LogP contribution in [0.4, 0.5) is 10.3 Å². The molecule has 38 heavy (non-hydrogen) atoms. The van der Waals surface area contributed by atoms with Gasteiger partial charge in [-0.1, -0.05) is 17.7 Å². The molecule has 4 rings (SSSR count). The van der Waals surface area contributed by atoms with Crippen molar-refractivity contribution in [2.24, 2.45) is 0 Å². The van der Waals surface area contributed by atoms with Gasteiger partial charge in [0, 0.05) is 31.8 Å². The van der Waals surface area contributed by atoms with Crippen molar-refractivity contribution in [2.45, 2.75) is 31.2 Å². The molecule has 0 saturated heterocycles. The van der Waals surface area contributed by atoms with Crippen molar-refractivity contribution >= 4 is 27.6 Å². The first-order valence-electron chi connectivity index (χ1n) is 11.2. The van der Waals surface area contributed by atoms with E-state index in [9.17, 15) is 12.8 Å². The first-order valence-corrected chi connectivity index (χ1v) is 13.2. The average Bonchev–Trinajstić information content (AvgIpc) is 3.32. The Morgan fingerprint density at radius 1 is 1.08 bits per heavy atom. The Balaban J connectivity index is 1.76. The average molecular weight is 563 g/mol. The van der Waals surface area contributed by atoms with Gasteiger partial charge in [0.05, 0.1) is 24.4 Å². The maximum absolute atomic E-state index is 14.0. The third-order valence-electron chi connectivity index (χ3n) is 5.75. The van der Waals surface area contributed by atoms with E-state index in [1.807, 2.05) is 0 Å². The van der Waals surface area contributed by atoms with Gasteiger partial charge in [-0.3, -0.25) is 14.3 Å². The van der Waals surface area contributed by atoms with Crippen molar-refractivity contribution in [3.8, 4) is 17.4 Å². The Kier molecular flexibility index (Phi) is 8.14. The fraction of sp³-hybridized carbons (Fsp3) is 0.304. The predicted molar refractivity (Wildman–Crippen MR) is 137 cm³/mol. The number of anilines is 1. The molecule has 4 aromatic rings. The summed E-state index contributed by atoms with van der Waals surface area (Å²) < 4.78 is 55.6. The van der Waals surface area contributed by atoms with Gasteiger partial charge < -0.3 is 9.47 Å². The number of nitrogens with zero attached hydrogens (tertiary/aromatic N) is 7. The van der Waals surface area contributed by atoms with E-state index in [1.165, 1.54) is 50.4 Å². The molecule has 0 amide bonds. The highest BCUT2D eigenvalue weighted by molar-refractivity contribution is 7.93.